The Kier molecular flexibility index (Phi) is 5.21. The quantitative estimate of drug-likeness (QED) is 0.855. The summed E-state index contributed by atoms with van der Waals surface area (Å²) in [7, 11) is -1.92. The van der Waals surface area contributed by atoms with Crippen LogP contribution in [-0.4, -0.2) is 19.8 Å². The summed E-state index contributed by atoms with van der Waals surface area (Å²) in [4.78, 5) is 1.27. The molecular formula is C14H17BrN2O2S2. The summed E-state index contributed by atoms with van der Waals surface area (Å²) in [6.45, 7) is 2.60. The van der Waals surface area contributed by atoms with Crippen molar-refractivity contribution in [1.82, 2.24) is 4.31 Å². The molecule has 1 aromatic heterocycles. The van der Waals surface area contributed by atoms with Gasteiger partial charge in [0.2, 0.25) is 10.0 Å². The molecule has 0 spiro atoms. The van der Waals surface area contributed by atoms with Crippen molar-refractivity contribution >= 4 is 37.3 Å². The third-order valence-corrected chi connectivity index (χ3v) is 6.73. The Morgan fingerprint density at radius 2 is 2.05 bits per heavy atom. The summed E-state index contributed by atoms with van der Waals surface area (Å²) < 4.78 is 27.5. The molecule has 1 aromatic carbocycles. The zero-order valence-electron chi connectivity index (χ0n) is 11.8. The average molecular weight is 389 g/mol. The Bertz CT molecular complexity index is 741. The molecule has 4 nitrogen and oxygen atoms in total. The molecule has 7 heteroatoms. The molecule has 2 N–H and O–H groups in total. The van der Waals surface area contributed by atoms with Gasteiger partial charge in [0.1, 0.15) is 0 Å². The fraction of sp³-hybridized carbons (Fsp3) is 0.286. The summed E-state index contributed by atoms with van der Waals surface area (Å²) in [6, 6.07) is 7.01. The molecule has 0 atom stereocenters. The molecule has 0 bridgehead atoms. The van der Waals surface area contributed by atoms with Crippen LogP contribution in [0.2, 0.25) is 0 Å². The van der Waals surface area contributed by atoms with Gasteiger partial charge in [-0.25, -0.2) is 8.42 Å². The van der Waals surface area contributed by atoms with E-state index >= 15 is 0 Å². The van der Waals surface area contributed by atoms with Crippen LogP contribution in [0, 0.1) is 6.92 Å². The lowest BCUT2D eigenvalue weighted by atomic mass is 10.1. The third-order valence-electron chi connectivity index (χ3n) is 3.25. The highest BCUT2D eigenvalue weighted by atomic mass is 79.9. The van der Waals surface area contributed by atoms with Gasteiger partial charge >= 0.3 is 0 Å². The Balaban J connectivity index is 2.28. The maximum atomic E-state index is 12.6. The van der Waals surface area contributed by atoms with E-state index in [1.165, 1.54) is 15.6 Å². The van der Waals surface area contributed by atoms with Crippen LogP contribution in [0.15, 0.2) is 39.0 Å². The van der Waals surface area contributed by atoms with Gasteiger partial charge in [-0.15, -0.1) is 11.3 Å². The first-order valence-corrected chi connectivity index (χ1v) is 9.44. The summed E-state index contributed by atoms with van der Waals surface area (Å²) in [5, 5.41) is 1.94. The van der Waals surface area contributed by atoms with E-state index in [9.17, 15) is 8.42 Å². The van der Waals surface area contributed by atoms with E-state index in [1.807, 2.05) is 18.4 Å². The fourth-order valence-corrected chi connectivity index (χ4v) is 4.73. The number of nitrogens with two attached hydrogens (primary N) is 1. The molecule has 0 saturated carbocycles. The van der Waals surface area contributed by atoms with Crippen molar-refractivity contribution in [2.75, 3.05) is 7.05 Å². The standard InChI is InChI=1S/C14H17BrN2O2S2/c1-10-3-4-14(5-11(10)7-16)21(18,19)17(2)8-13-6-12(15)9-20-13/h3-6,9H,7-8,16H2,1-2H3. The van der Waals surface area contributed by atoms with Crippen LogP contribution in [-0.2, 0) is 23.1 Å². The van der Waals surface area contributed by atoms with Gasteiger partial charge in [-0.3, -0.25) is 0 Å². The van der Waals surface area contributed by atoms with Gasteiger partial charge in [-0.05, 0) is 52.2 Å². The Hall–Kier alpha value is -0.730. The van der Waals surface area contributed by atoms with Crippen LogP contribution in [0.5, 0.6) is 0 Å². The molecule has 21 heavy (non-hydrogen) atoms. The van der Waals surface area contributed by atoms with E-state index in [-0.39, 0.29) is 4.90 Å². The SMILES string of the molecule is Cc1ccc(S(=O)(=O)N(C)Cc2cc(Br)cs2)cc1CN. The van der Waals surface area contributed by atoms with Crippen molar-refractivity contribution in [3.05, 3.63) is 50.1 Å². The minimum Gasteiger partial charge on any atom is -0.326 e. The van der Waals surface area contributed by atoms with E-state index < -0.39 is 10.0 Å². The number of benzene rings is 1. The van der Waals surface area contributed by atoms with Crippen LogP contribution in [0.1, 0.15) is 16.0 Å². The second-order valence-electron chi connectivity index (χ2n) is 4.78. The highest BCUT2D eigenvalue weighted by molar-refractivity contribution is 9.10. The largest absolute Gasteiger partial charge is 0.326 e. The van der Waals surface area contributed by atoms with Gasteiger partial charge in [0, 0.05) is 34.9 Å². The van der Waals surface area contributed by atoms with E-state index in [1.54, 1.807) is 25.2 Å². The van der Waals surface area contributed by atoms with Crippen LogP contribution >= 0.6 is 27.3 Å². The molecule has 0 saturated heterocycles. The molecule has 0 radical (unpaired) electrons. The van der Waals surface area contributed by atoms with Crippen molar-refractivity contribution in [3.8, 4) is 0 Å². The van der Waals surface area contributed by atoms with E-state index in [4.69, 9.17) is 5.73 Å². The predicted octanol–water partition coefficient (Wildman–Crippen LogP) is 3.10. The lowest BCUT2D eigenvalue weighted by Gasteiger charge is -2.17. The van der Waals surface area contributed by atoms with Gasteiger partial charge in [0.15, 0.2) is 0 Å². The first kappa shape index (κ1) is 16.6. The molecule has 0 aliphatic rings. The van der Waals surface area contributed by atoms with E-state index in [0.29, 0.717) is 13.1 Å². The topological polar surface area (TPSA) is 63.4 Å². The Labute approximate surface area is 137 Å². The maximum absolute atomic E-state index is 12.6. The summed E-state index contributed by atoms with van der Waals surface area (Å²) >= 11 is 4.90. The van der Waals surface area contributed by atoms with Crippen LogP contribution < -0.4 is 5.73 Å². The van der Waals surface area contributed by atoms with E-state index in [2.05, 4.69) is 15.9 Å². The number of sulfonamides is 1. The normalized spacial score (nSPS) is 12.0. The highest BCUT2D eigenvalue weighted by Gasteiger charge is 2.22. The molecule has 0 fully saturated rings. The van der Waals surface area contributed by atoms with E-state index in [0.717, 1.165) is 20.5 Å². The summed E-state index contributed by atoms with van der Waals surface area (Å²) in [6.07, 6.45) is 0. The van der Waals surface area contributed by atoms with Gasteiger partial charge in [0.05, 0.1) is 4.90 Å². The third kappa shape index (κ3) is 3.73. The molecule has 114 valence electrons. The molecule has 2 rings (SSSR count). The number of hydrogen-bond donors (Lipinski definition) is 1. The molecule has 0 aliphatic heterocycles. The molecule has 0 unspecified atom stereocenters. The number of nitrogens with zero attached hydrogens (tertiary/aromatic N) is 1. The molecule has 1 heterocycles. The lowest BCUT2D eigenvalue weighted by Crippen LogP contribution is -2.26. The molecule has 2 aromatic rings. The van der Waals surface area contributed by atoms with Gasteiger partial charge < -0.3 is 5.73 Å². The lowest BCUT2D eigenvalue weighted by molar-refractivity contribution is 0.469. The van der Waals surface area contributed by atoms with Gasteiger partial charge in [0.25, 0.3) is 0 Å². The number of rotatable bonds is 5. The van der Waals surface area contributed by atoms with Crippen molar-refractivity contribution in [3.63, 3.8) is 0 Å². The monoisotopic (exact) mass is 388 g/mol. The van der Waals surface area contributed by atoms with Crippen LogP contribution in [0.3, 0.4) is 0 Å². The molecular weight excluding hydrogens is 372 g/mol. The summed E-state index contributed by atoms with van der Waals surface area (Å²) in [5.74, 6) is 0. The van der Waals surface area contributed by atoms with Crippen molar-refractivity contribution in [2.45, 2.75) is 24.9 Å². The minimum absolute atomic E-state index is 0.284. The van der Waals surface area contributed by atoms with Crippen LogP contribution in [0.4, 0.5) is 0 Å². The zero-order valence-corrected chi connectivity index (χ0v) is 15.1. The summed E-state index contributed by atoms with van der Waals surface area (Å²) in [5.41, 5.74) is 7.50. The number of hydrogen-bond acceptors (Lipinski definition) is 4. The zero-order chi connectivity index (χ0) is 15.6. The van der Waals surface area contributed by atoms with Crippen molar-refractivity contribution in [2.24, 2.45) is 5.73 Å². The van der Waals surface area contributed by atoms with Gasteiger partial charge in [-0.2, -0.15) is 4.31 Å². The second-order valence-corrected chi connectivity index (χ2v) is 8.74. The Morgan fingerprint density at radius 3 is 2.62 bits per heavy atom. The van der Waals surface area contributed by atoms with Crippen LogP contribution in [0.25, 0.3) is 0 Å². The first-order chi connectivity index (χ1) is 9.84. The predicted molar refractivity (Wildman–Crippen MR) is 89.7 cm³/mol. The smallest absolute Gasteiger partial charge is 0.243 e. The number of thiophene rings is 1. The second kappa shape index (κ2) is 6.58. The Morgan fingerprint density at radius 1 is 1.33 bits per heavy atom. The fourth-order valence-electron chi connectivity index (χ4n) is 1.95. The molecule has 0 amide bonds. The number of aryl methyl sites for hydroxylation is 1. The van der Waals surface area contributed by atoms with Gasteiger partial charge in [-0.1, -0.05) is 6.07 Å². The first-order valence-electron chi connectivity index (χ1n) is 6.33. The van der Waals surface area contributed by atoms with Crippen molar-refractivity contribution < 1.29 is 8.42 Å². The van der Waals surface area contributed by atoms with Crippen molar-refractivity contribution in [1.29, 1.82) is 0 Å². The maximum Gasteiger partial charge on any atom is 0.243 e. The number of halogens is 1. The average Bonchev–Trinajstić information content (AvgIpc) is 2.84. The highest BCUT2D eigenvalue weighted by Crippen LogP contribution is 2.24. The minimum atomic E-state index is -3.51. The molecule has 0 aliphatic carbocycles.